The van der Waals surface area contributed by atoms with E-state index in [-0.39, 0.29) is 0 Å². The number of hydrogen-bond donors (Lipinski definition) is 3. The highest BCUT2D eigenvalue weighted by molar-refractivity contribution is 7.11. The van der Waals surface area contributed by atoms with Gasteiger partial charge in [0.15, 0.2) is 0 Å². The van der Waals surface area contributed by atoms with Gasteiger partial charge in [0.1, 0.15) is 6.61 Å². The molecule has 3 N–H and O–H groups in total. The molecule has 106 valence electrons. The Morgan fingerprint density at radius 1 is 1.35 bits per heavy atom. The van der Waals surface area contributed by atoms with E-state index in [1.165, 1.54) is 4.88 Å². The summed E-state index contributed by atoms with van der Waals surface area (Å²) in [4.78, 5) is 16.7. The summed E-state index contributed by atoms with van der Waals surface area (Å²) in [7, 11) is 0. The number of rotatable bonds is 5. The molecule has 6 heteroatoms. The van der Waals surface area contributed by atoms with Crippen molar-refractivity contribution in [1.29, 1.82) is 0 Å². The van der Waals surface area contributed by atoms with E-state index in [4.69, 9.17) is 5.11 Å². The van der Waals surface area contributed by atoms with E-state index in [0.717, 1.165) is 16.4 Å². The van der Waals surface area contributed by atoms with Gasteiger partial charge in [0.25, 0.3) is 0 Å². The summed E-state index contributed by atoms with van der Waals surface area (Å²) in [6, 6.07) is 7.38. The normalized spacial score (nSPS) is 10.3. The first kappa shape index (κ1) is 14.5. The molecule has 2 rings (SSSR count). The Morgan fingerprint density at radius 2 is 2.10 bits per heavy atom. The second kappa shape index (κ2) is 6.49. The van der Waals surface area contributed by atoms with Crippen LogP contribution in [-0.4, -0.2) is 22.6 Å². The van der Waals surface area contributed by atoms with E-state index in [2.05, 4.69) is 15.6 Å². The van der Waals surface area contributed by atoms with Crippen LogP contribution in [0.2, 0.25) is 0 Å². The van der Waals surface area contributed by atoms with Crippen LogP contribution in [0.15, 0.2) is 24.3 Å². The average Bonchev–Trinajstić information content (AvgIpc) is 2.75. The minimum Gasteiger partial charge on any atom is -0.387 e. The zero-order valence-electron chi connectivity index (χ0n) is 11.4. The van der Waals surface area contributed by atoms with Gasteiger partial charge in [-0.1, -0.05) is 6.07 Å². The van der Waals surface area contributed by atoms with Crippen molar-refractivity contribution in [2.75, 3.05) is 17.2 Å². The standard InChI is InChI=1S/C14H17N3O2S/c1-9-13(20-10(2)16-9)7-15-11-4-3-5-12(6-11)17-14(19)8-18/h3-6,15,18H,7-8H2,1-2H3,(H,17,19). The fourth-order valence-corrected chi connectivity index (χ4v) is 2.70. The summed E-state index contributed by atoms with van der Waals surface area (Å²) in [5.74, 6) is -0.420. The first-order valence-electron chi connectivity index (χ1n) is 6.26. The molecule has 1 heterocycles. The van der Waals surface area contributed by atoms with Crippen molar-refractivity contribution < 1.29 is 9.90 Å². The quantitative estimate of drug-likeness (QED) is 0.790. The molecule has 0 spiro atoms. The van der Waals surface area contributed by atoms with Gasteiger partial charge in [-0.05, 0) is 32.0 Å². The SMILES string of the molecule is Cc1nc(C)c(CNc2cccc(NC(=O)CO)c2)s1. The number of nitrogens with one attached hydrogen (secondary N) is 2. The Kier molecular flexibility index (Phi) is 4.70. The molecule has 0 bridgehead atoms. The minimum absolute atomic E-state index is 0.420. The highest BCUT2D eigenvalue weighted by Crippen LogP contribution is 2.20. The summed E-state index contributed by atoms with van der Waals surface area (Å²) in [5, 5.41) is 15.7. The Hall–Kier alpha value is -1.92. The molecular weight excluding hydrogens is 274 g/mol. The molecule has 0 aliphatic carbocycles. The Labute approximate surface area is 121 Å². The summed E-state index contributed by atoms with van der Waals surface area (Å²) in [6.07, 6.45) is 0. The van der Waals surface area contributed by atoms with Crippen molar-refractivity contribution in [1.82, 2.24) is 4.98 Å². The van der Waals surface area contributed by atoms with Crippen LogP contribution in [0.3, 0.4) is 0 Å². The third-order valence-corrected chi connectivity index (χ3v) is 3.82. The van der Waals surface area contributed by atoms with E-state index >= 15 is 0 Å². The summed E-state index contributed by atoms with van der Waals surface area (Å²) >= 11 is 1.68. The Morgan fingerprint density at radius 3 is 2.75 bits per heavy atom. The van der Waals surface area contributed by atoms with Gasteiger partial charge in [0.2, 0.25) is 5.91 Å². The average molecular weight is 291 g/mol. The molecule has 5 nitrogen and oxygen atoms in total. The van der Waals surface area contributed by atoms with Crippen molar-refractivity contribution in [3.63, 3.8) is 0 Å². The van der Waals surface area contributed by atoms with Gasteiger partial charge in [0, 0.05) is 16.3 Å². The number of benzene rings is 1. The molecular formula is C14H17N3O2S. The maximum absolute atomic E-state index is 11.1. The number of amides is 1. The van der Waals surface area contributed by atoms with E-state index in [1.54, 1.807) is 17.4 Å². The molecule has 0 saturated carbocycles. The highest BCUT2D eigenvalue weighted by Gasteiger charge is 2.05. The Bertz CT molecular complexity index is 610. The lowest BCUT2D eigenvalue weighted by atomic mass is 10.2. The van der Waals surface area contributed by atoms with Crippen LogP contribution < -0.4 is 10.6 Å². The fraction of sp³-hybridized carbons (Fsp3) is 0.286. The zero-order valence-corrected chi connectivity index (χ0v) is 12.3. The third-order valence-electron chi connectivity index (χ3n) is 2.74. The van der Waals surface area contributed by atoms with Crippen molar-refractivity contribution in [3.8, 4) is 0 Å². The molecule has 0 radical (unpaired) electrons. The lowest BCUT2D eigenvalue weighted by Gasteiger charge is -2.08. The first-order valence-corrected chi connectivity index (χ1v) is 7.07. The van der Waals surface area contributed by atoms with Crippen molar-refractivity contribution in [3.05, 3.63) is 39.8 Å². The molecule has 0 saturated heterocycles. The van der Waals surface area contributed by atoms with E-state index in [1.807, 2.05) is 32.0 Å². The molecule has 0 aliphatic heterocycles. The van der Waals surface area contributed by atoms with Gasteiger partial charge in [0.05, 0.1) is 17.2 Å². The highest BCUT2D eigenvalue weighted by atomic mass is 32.1. The van der Waals surface area contributed by atoms with Crippen LogP contribution >= 0.6 is 11.3 Å². The molecule has 1 aromatic carbocycles. The van der Waals surface area contributed by atoms with Gasteiger partial charge < -0.3 is 15.7 Å². The number of hydrogen-bond acceptors (Lipinski definition) is 5. The Balaban J connectivity index is 2.01. The van der Waals surface area contributed by atoms with E-state index in [0.29, 0.717) is 12.2 Å². The van der Waals surface area contributed by atoms with Gasteiger partial charge in [-0.2, -0.15) is 0 Å². The van der Waals surface area contributed by atoms with Crippen LogP contribution in [0.25, 0.3) is 0 Å². The summed E-state index contributed by atoms with van der Waals surface area (Å²) < 4.78 is 0. The molecule has 0 fully saturated rings. The lowest BCUT2D eigenvalue weighted by molar-refractivity contribution is -0.118. The van der Waals surface area contributed by atoms with Crippen molar-refractivity contribution in [2.45, 2.75) is 20.4 Å². The summed E-state index contributed by atoms with van der Waals surface area (Å²) in [6.45, 7) is 4.18. The molecule has 2 aromatic rings. The number of aryl methyl sites for hydroxylation is 2. The van der Waals surface area contributed by atoms with Crippen LogP contribution in [0.5, 0.6) is 0 Å². The van der Waals surface area contributed by atoms with E-state index < -0.39 is 12.5 Å². The molecule has 1 aromatic heterocycles. The largest absolute Gasteiger partial charge is 0.387 e. The smallest absolute Gasteiger partial charge is 0.250 e. The molecule has 0 atom stereocenters. The van der Waals surface area contributed by atoms with Crippen molar-refractivity contribution in [2.24, 2.45) is 0 Å². The zero-order chi connectivity index (χ0) is 14.5. The maximum atomic E-state index is 11.1. The van der Waals surface area contributed by atoms with Gasteiger partial charge in [-0.25, -0.2) is 4.98 Å². The molecule has 1 amide bonds. The van der Waals surface area contributed by atoms with Crippen LogP contribution in [0, 0.1) is 13.8 Å². The lowest BCUT2D eigenvalue weighted by Crippen LogP contribution is -2.15. The second-order valence-corrected chi connectivity index (χ2v) is 5.67. The molecule has 0 aliphatic rings. The predicted octanol–water partition coefficient (Wildman–Crippen LogP) is 2.30. The second-order valence-electron chi connectivity index (χ2n) is 4.38. The van der Waals surface area contributed by atoms with Crippen LogP contribution in [-0.2, 0) is 11.3 Å². The van der Waals surface area contributed by atoms with Gasteiger partial charge >= 0.3 is 0 Å². The molecule has 20 heavy (non-hydrogen) atoms. The van der Waals surface area contributed by atoms with Crippen LogP contribution in [0.4, 0.5) is 11.4 Å². The van der Waals surface area contributed by atoms with Gasteiger partial charge in [-0.15, -0.1) is 11.3 Å². The maximum Gasteiger partial charge on any atom is 0.250 e. The third kappa shape index (κ3) is 3.79. The number of carbonyl (C=O) groups excluding carboxylic acids is 1. The van der Waals surface area contributed by atoms with E-state index in [9.17, 15) is 4.79 Å². The fourth-order valence-electron chi connectivity index (χ4n) is 1.83. The first-order chi connectivity index (χ1) is 9.58. The summed E-state index contributed by atoms with van der Waals surface area (Å²) in [5.41, 5.74) is 2.61. The number of thiazole rings is 1. The van der Waals surface area contributed by atoms with Crippen LogP contribution in [0.1, 0.15) is 15.6 Å². The number of carbonyl (C=O) groups is 1. The minimum atomic E-state index is -0.517. The number of anilines is 2. The predicted molar refractivity (Wildman–Crippen MR) is 81.1 cm³/mol. The van der Waals surface area contributed by atoms with Crippen molar-refractivity contribution >= 4 is 28.6 Å². The molecule has 0 unspecified atom stereocenters. The topological polar surface area (TPSA) is 74.2 Å². The number of aliphatic hydroxyl groups excluding tert-OH is 1. The number of aromatic nitrogens is 1. The number of nitrogens with zero attached hydrogens (tertiary/aromatic N) is 1. The van der Waals surface area contributed by atoms with Gasteiger partial charge in [-0.3, -0.25) is 4.79 Å². The number of aliphatic hydroxyl groups is 1. The monoisotopic (exact) mass is 291 g/mol.